The van der Waals surface area contributed by atoms with Crippen molar-refractivity contribution in [3.05, 3.63) is 63.7 Å². The van der Waals surface area contributed by atoms with E-state index >= 15 is 0 Å². The predicted molar refractivity (Wildman–Crippen MR) is 145 cm³/mol. The fourth-order valence-corrected chi connectivity index (χ4v) is 5.35. The highest BCUT2D eigenvalue weighted by Gasteiger charge is 2.27. The molecule has 0 aliphatic carbocycles. The second-order valence-corrected chi connectivity index (χ2v) is 11.1. The van der Waals surface area contributed by atoms with Gasteiger partial charge >= 0.3 is 0 Å². The molecule has 0 bridgehead atoms. The lowest BCUT2D eigenvalue weighted by molar-refractivity contribution is 0.0277. The largest absolute Gasteiger partial charge is 0.610 e. The Morgan fingerprint density at radius 3 is 2.82 bits per heavy atom. The van der Waals surface area contributed by atoms with Gasteiger partial charge in [-0.25, -0.2) is 9.67 Å². The summed E-state index contributed by atoms with van der Waals surface area (Å²) in [5.41, 5.74) is 2.43. The van der Waals surface area contributed by atoms with Crippen molar-refractivity contribution in [2.75, 3.05) is 25.0 Å². The van der Waals surface area contributed by atoms with Gasteiger partial charge < -0.3 is 19.9 Å². The van der Waals surface area contributed by atoms with Gasteiger partial charge in [-0.1, -0.05) is 23.3 Å². The lowest BCUT2D eigenvalue weighted by atomic mass is 10.1. The molecule has 0 saturated carbocycles. The molecule has 0 spiro atoms. The zero-order chi connectivity index (χ0) is 26.8. The molecule has 2 atom stereocenters. The molecular weight excluding hydrogens is 504 g/mol. The maximum atomic E-state index is 13.3. The Hall–Kier alpha value is -3.76. The minimum Gasteiger partial charge on any atom is -0.610 e. The number of hydrogen-bond acceptors (Lipinski definition) is 9. The van der Waals surface area contributed by atoms with Gasteiger partial charge in [0.2, 0.25) is 5.95 Å². The first-order chi connectivity index (χ1) is 18.4. The number of nitrogens with zero attached hydrogens (tertiary/aromatic N) is 6. The van der Waals surface area contributed by atoms with Crippen molar-refractivity contribution in [3.8, 4) is 12.3 Å². The van der Waals surface area contributed by atoms with E-state index in [4.69, 9.17) is 11.2 Å². The number of ether oxygens (including phenoxy) is 1. The van der Waals surface area contributed by atoms with Crippen LogP contribution in [0.4, 0.5) is 11.6 Å². The summed E-state index contributed by atoms with van der Waals surface area (Å²) in [6.07, 6.45) is 7.25. The van der Waals surface area contributed by atoms with Crippen molar-refractivity contribution < 1.29 is 9.29 Å². The van der Waals surface area contributed by atoms with Crippen LogP contribution in [0.15, 0.2) is 46.3 Å². The number of pyridine rings is 1. The number of aromatic nitrogens is 6. The van der Waals surface area contributed by atoms with Gasteiger partial charge in [-0.15, -0.1) is 11.5 Å². The second kappa shape index (κ2) is 10.9. The maximum absolute atomic E-state index is 13.3. The van der Waals surface area contributed by atoms with Gasteiger partial charge in [0, 0.05) is 48.6 Å². The zero-order valence-electron chi connectivity index (χ0n) is 21.3. The number of anilines is 2. The summed E-state index contributed by atoms with van der Waals surface area (Å²) in [6.45, 7) is 6.02. The molecule has 11 nitrogen and oxygen atoms in total. The van der Waals surface area contributed by atoms with Crippen LogP contribution in [0.25, 0.3) is 11.0 Å². The average molecular weight is 533 g/mol. The normalized spacial score (nSPS) is 16.5. The van der Waals surface area contributed by atoms with Crippen LogP contribution in [0.3, 0.4) is 0 Å². The lowest BCUT2D eigenvalue weighted by Crippen LogP contribution is -2.33. The molecule has 196 valence electrons. The van der Waals surface area contributed by atoms with Gasteiger partial charge in [-0.3, -0.25) is 9.36 Å². The molecule has 1 aliphatic heterocycles. The summed E-state index contributed by atoms with van der Waals surface area (Å²) < 4.78 is 21.7. The summed E-state index contributed by atoms with van der Waals surface area (Å²) >= 11 is -1.36. The number of terminal acetylenes is 1. The molecule has 1 saturated heterocycles. The van der Waals surface area contributed by atoms with Gasteiger partial charge in [0.05, 0.1) is 24.8 Å². The fraction of sp³-hybridized carbons (Fsp3) is 0.346. The topological polar surface area (TPSA) is 135 Å². The Kier molecular flexibility index (Phi) is 7.44. The minimum atomic E-state index is -1.36. The van der Waals surface area contributed by atoms with Crippen LogP contribution < -0.4 is 16.2 Å². The van der Waals surface area contributed by atoms with E-state index < -0.39 is 16.7 Å². The molecule has 2 N–H and O–H groups in total. The molecule has 0 radical (unpaired) electrons. The number of rotatable bonds is 7. The molecule has 1 fully saturated rings. The number of morpholine rings is 1. The van der Waals surface area contributed by atoms with Crippen LogP contribution in [0.2, 0.25) is 0 Å². The summed E-state index contributed by atoms with van der Waals surface area (Å²) in [7, 11) is 1.68. The smallest absolute Gasteiger partial charge is 0.268 e. The van der Waals surface area contributed by atoms with E-state index in [0.717, 1.165) is 24.3 Å². The molecular formula is C26H28N8O3S. The van der Waals surface area contributed by atoms with E-state index in [-0.39, 0.29) is 23.5 Å². The molecule has 4 aromatic rings. The minimum absolute atomic E-state index is 0.00700. The van der Waals surface area contributed by atoms with Gasteiger partial charge in [0.25, 0.3) is 10.6 Å². The van der Waals surface area contributed by atoms with Gasteiger partial charge in [-0.05, 0) is 37.6 Å². The fourth-order valence-electron chi connectivity index (χ4n) is 4.27. The highest BCUT2D eigenvalue weighted by Crippen LogP contribution is 2.24. The third kappa shape index (κ3) is 5.14. The van der Waals surface area contributed by atoms with Crippen LogP contribution in [-0.4, -0.2) is 59.0 Å². The van der Waals surface area contributed by atoms with Crippen molar-refractivity contribution in [2.24, 2.45) is 7.05 Å². The van der Waals surface area contributed by atoms with Crippen LogP contribution in [0.5, 0.6) is 0 Å². The van der Waals surface area contributed by atoms with Crippen LogP contribution >= 0.6 is 0 Å². The first kappa shape index (κ1) is 25.9. The summed E-state index contributed by atoms with van der Waals surface area (Å²) in [5.74, 6) is 2.75. The van der Waals surface area contributed by atoms with Crippen molar-refractivity contribution in [1.29, 1.82) is 0 Å². The van der Waals surface area contributed by atoms with Gasteiger partial charge in [-0.2, -0.15) is 4.98 Å². The maximum Gasteiger partial charge on any atom is 0.268 e. The monoisotopic (exact) mass is 532 g/mol. The first-order valence-corrected chi connectivity index (χ1v) is 13.4. The molecule has 12 heteroatoms. The van der Waals surface area contributed by atoms with Crippen molar-refractivity contribution in [3.63, 3.8) is 0 Å². The Balaban J connectivity index is 1.49. The molecule has 0 amide bonds. The first-order valence-electron chi connectivity index (χ1n) is 12.2. The van der Waals surface area contributed by atoms with E-state index in [2.05, 4.69) is 36.8 Å². The molecule has 1 aromatic carbocycles. The molecule has 4 heterocycles. The Morgan fingerprint density at radius 1 is 1.34 bits per heavy atom. The third-order valence-corrected chi connectivity index (χ3v) is 7.95. The second-order valence-electron chi connectivity index (χ2n) is 9.19. The van der Waals surface area contributed by atoms with E-state index in [1.165, 1.54) is 9.25 Å². The van der Waals surface area contributed by atoms with Crippen molar-refractivity contribution in [2.45, 2.75) is 36.8 Å². The van der Waals surface area contributed by atoms with E-state index in [9.17, 15) is 9.35 Å². The summed E-state index contributed by atoms with van der Waals surface area (Å²) in [6, 6.07) is 9.46. The Labute approximate surface area is 222 Å². The van der Waals surface area contributed by atoms with E-state index in [1.54, 1.807) is 19.3 Å². The molecule has 38 heavy (non-hydrogen) atoms. The quantitative estimate of drug-likeness (QED) is 0.270. The number of benzene rings is 1. The average Bonchev–Trinajstić information content (AvgIpc) is 3.30. The summed E-state index contributed by atoms with van der Waals surface area (Å²) in [4.78, 5) is 22.3. The van der Waals surface area contributed by atoms with Crippen LogP contribution in [0.1, 0.15) is 36.8 Å². The number of fused-ring (bicyclic) bond motifs is 1. The van der Waals surface area contributed by atoms with E-state index in [1.807, 2.05) is 38.1 Å². The molecule has 1 aliphatic rings. The Morgan fingerprint density at radius 2 is 2.13 bits per heavy atom. The highest BCUT2D eigenvalue weighted by molar-refractivity contribution is 7.92. The molecule has 3 aromatic heterocycles. The SMILES string of the molecule is C#Cc1cc2cnc(Nc3ccc(C4CNCCO4)cc3)nc2n(Cc2nnn(C)c2[S+]([O-])C(C)C)c1=O. The third-order valence-electron chi connectivity index (χ3n) is 6.22. The lowest BCUT2D eigenvalue weighted by Gasteiger charge is -2.24. The molecule has 2 unspecified atom stereocenters. The zero-order valence-corrected chi connectivity index (χ0v) is 22.2. The summed E-state index contributed by atoms with van der Waals surface area (Å²) in [5, 5.41) is 15.7. The standard InChI is InChI=1S/C26H28N8O3S/c1-5-17-12-19-13-28-26(29-20-8-6-18(7-9-20)22-14-27-10-11-37-22)30-23(19)34(24(17)35)15-21-25(33(4)32-31-21)38(36)16(2)3/h1,6-9,12-13,16,22,27H,10-11,14-15H2,2-4H3,(H,28,29,30). The number of nitrogens with one attached hydrogen (secondary N) is 2. The highest BCUT2D eigenvalue weighted by atomic mass is 32.2. The Bertz CT molecular complexity index is 1550. The molecule has 5 rings (SSSR count). The predicted octanol–water partition coefficient (Wildman–Crippen LogP) is 1.87. The van der Waals surface area contributed by atoms with Crippen LogP contribution in [0, 0.1) is 12.3 Å². The van der Waals surface area contributed by atoms with Gasteiger partial charge in [0.15, 0.2) is 5.69 Å². The van der Waals surface area contributed by atoms with Gasteiger partial charge in [0.1, 0.15) is 10.9 Å². The van der Waals surface area contributed by atoms with Crippen molar-refractivity contribution in [1.82, 2.24) is 34.8 Å². The van der Waals surface area contributed by atoms with E-state index in [0.29, 0.717) is 34.3 Å². The number of aryl methyl sites for hydroxylation is 1. The van der Waals surface area contributed by atoms with Crippen molar-refractivity contribution >= 4 is 33.8 Å². The number of hydrogen-bond donors (Lipinski definition) is 2. The van der Waals surface area contributed by atoms with Crippen LogP contribution in [-0.2, 0) is 29.5 Å².